The van der Waals surface area contributed by atoms with Gasteiger partial charge >= 0.3 is 5.97 Å². The van der Waals surface area contributed by atoms with Crippen LogP contribution in [0.5, 0.6) is 0 Å². The molecule has 0 radical (unpaired) electrons. The number of piperidine rings is 2. The number of aromatic amines is 2. The van der Waals surface area contributed by atoms with Crippen molar-refractivity contribution >= 4 is 34.6 Å². The number of nitrogens with one attached hydrogen (secondary N) is 3. The molecule has 2 aliphatic heterocycles. The number of hydrogen-bond acceptors (Lipinski definition) is 7. The normalized spacial score (nSPS) is 17.5. The minimum Gasteiger partial charge on any atom is -0.478 e. The Morgan fingerprint density at radius 3 is 1.71 bits per heavy atom. The van der Waals surface area contributed by atoms with Gasteiger partial charge in [0.05, 0.1) is 23.5 Å². The minimum atomic E-state index is -0.897. The zero-order valence-electron chi connectivity index (χ0n) is 24.2. The van der Waals surface area contributed by atoms with E-state index < -0.39 is 5.97 Å². The molecule has 2 aliphatic rings. The molecule has 0 aromatic carbocycles. The van der Waals surface area contributed by atoms with Crippen molar-refractivity contribution in [3.8, 4) is 20.9 Å². The number of rotatable bonds is 4. The second-order valence-electron chi connectivity index (χ2n) is 12.0. The summed E-state index contributed by atoms with van der Waals surface area (Å²) in [5.41, 5.74) is 4.05. The van der Waals surface area contributed by atoms with E-state index >= 15 is 0 Å². The Labute approximate surface area is 249 Å². The Bertz CT molecular complexity index is 1370. The predicted molar refractivity (Wildman–Crippen MR) is 166 cm³/mol. The summed E-state index contributed by atoms with van der Waals surface area (Å²) in [5, 5.41) is 28.8. The number of carbonyl (C=O) groups is 2. The van der Waals surface area contributed by atoms with Crippen LogP contribution in [-0.2, 0) is 0 Å². The molecule has 6 heterocycles. The molecule has 9 nitrogen and oxygen atoms in total. The number of likely N-dealkylation sites (tertiary alicyclic amines) is 1. The number of carbonyl (C=O) groups excluding carboxylic acids is 1. The van der Waals surface area contributed by atoms with E-state index in [1.807, 2.05) is 22.5 Å². The van der Waals surface area contributed by atoms with Crippen molar-refractivity contribution in [2.75, 3.05) is 26.2 Å². The molecule has 2 saturated heterocycles. The Morgan fingerprint density at radius 2 is 1.29 bits per heavy atom. The molecule has 220 valence electrons. The zero-order chi connectivity index (χ0) is 29.5. The van der Waals surface area contributed by atoms with Gasteiger partial charge < -0.3 is 15.3 Å². The van der Waals surface area contributed by atoms with Gasteiger partial charge in [-0.2, -0.15) is 10.2 Å². The van der Waals surface area contributed by atoms with Crippen LogP contribution in [0.2, 0.25) is 0 Å². The van der Waals surface area contributed by atoms with Crippen molar-refractivity contribution < 1.29 is 14.7 Å². The number of carboxylic acid groups (broad SMARTS) is 1. The monoisotopic (exact) mass is 596 g/mol. The second kappa shape index (κ2) is 13.6. The summed E-state index contributed by atoms with van der Waals surface area (Å²) in [5.74, 6) is -0.738. The molecular weight excluding hydrogens is 557 g/mol. The molecule has 4 N–H and O–H groups in total. The van der Waals surface area contributed by atoms with Crippen LogP contribution < -0.4 is 5.32 Å². The van der Waals surface area contributed by atoms with Gasteiger partial charge in [-0.3, -0.25) is 15.0 Å². The van der Waals surface area contributed by atoms with Gasteiger partial charge in [-0.05, 0) is 61.7 Å². The van der Waals surface area contributed by atoms with Gasteiger partial charge in [-0.15, -0.1) is 22.7 Å². The van der Waals surface area contributed by atoms with Gasteiger partial charge in [-0.1, -0.05) is 27.7 Å². The van der Waals surface area contributed by atoms with Crippen molar-refractivity contribution in [2.24, 2.45) is 10.8 Å². The van der Waals surface area contributed by atoms with Crippen LogP contribution >= 0.6 is 22.7 Å². The van der Waals surface area contributed by atoms with Crippen molar-refractivity contribution in [1.82, 2.24) is 30.6 Å². The maximum absolute atomic E-state index is 12.5. The number of hydrogen-bond donors (Lipinski definition) is 4. The van der Waals surface area contributed by atoms with Crippen LogP contribution in [0.1, 0.15) is 74.1 Å². The first-order chi connectivity index (χ1) is 19.5. The minimum absolute atomic E-state index is 0.159. The van der Waals surface area contributed by atoms with Crippen LogP contribution in [0, 0.1) is 10.8 Å². The molecule has 0 atom stereocenters. The molecule has 4 aromatic rings. The third kappa shape index (κ3) is 8.85. The maximum Gasteiger partial charge on any atom is 0.336 e. The molecule has 0 saturated carbocycles. The fraction of sp³-hybridized carbons (Fsp3) is 0.467. The van der Waals surface area contributed by atoms with Crippen molar-refractivity contribution in [3.05, 3.63) is 58.8 Å². The standard InChI is InChI=1S/C15H19N3OS.C8H6N2O2S.C7H15N/c1-15(2)3-5-18(6-4-15)14(19)11-7-13(20-10-11)12-8-16-17-9-12;11-8(12)5-1-7(13-4-5)6-2-9-10-3-6;1-7(2)3-5-8-6-4-7/h7-10H,3-6H2,1-2H3,(H,16,17);1-4H,(H,9,10)(H,11,12);8H,3-6H2,1-2H3. The molecule has 11 heteroatoms. The summed E-state index contributed by atoms with van der Waals surface area (Å²) >= 11 is 2.99. The van der Waals surface area contributed by atoms with E-state index in [9.17, 15) is 9.59 Å². The summed E-state index contributed by atoms with van der Waals surface area (Å²) in [4.78, 5) is 27.0. The highest BCUT2D eigenvalue weighted by molar-refractivity contribution is 7.14. The van der Waals surface area contributed by atoms with Gasteiger partial charge in [0, 0.05) is 57.1 Å². The molecule has 0 unspecified atom stereocenters. The van der Waals surface area contributed by atoms with E-state index in [2.05, 4.69) is 53.4 Å². The third-order valence-corrected chi connectivity index (χ3v) is 9.58. The molecule has 6 rings (SSSR count). The fourth-order valence-electron chi connectivity index (χ4n) is 4.57. The number of thiophene rings is 2. The highest BCUT2D eigenvalue weighted by Crippen LogP contribution is 2.32. The van der Waals surface area contributed by atoms with E-state index in [0.717, 1.165) is 52.4 Å². The lowest BCUT2D eigenvalue weighted by atomic mass is 9.82. The Hall–Kier alpha value is -3.28. The number of aromatic carboxylic acids is 1. The Morgan fingerprint density at radius 1 is 0.805 bits per heavy atom. The summed E-state index contributed by atoms with van der Waals surface area (Å²) in [6.45, 7) is 13.4. The first-order valence-corrected chi connectivity index (χ1v) is 15.7. The third-order valence-electron chi connectivity index (χ3n) is 7.62. The Balaban J connectivity index is 0.000000158. The molecule has 0 spiro atoms. The zero-order valence-corrected chi connectivity index (χ0v) is 25.8. The summed E-state index contributed by atoms with van der Waals surface area (Å²) in [6, 6.07) is 3.61. The lowest BCUT2D eigenvalue weighted by molar-refractivity contribution is 0.0629. The van der Waals surface area contributed by atoms with Gasteiger partial charge in [0.25, 0.3) is 5.91 Å². The molecule has 2 fully saturated rings. The number of H-pyrrole nitrogens is 2. The largest absolute Gasteiger partial charge is 0.478 e. The van der Waals surface area contributed by atoms with Crippen molar-refractivity contribution in [1.29, 1.82) is 0 Å². The van der Waals surface area contributed by atoms with Crippen LogP contribution in [-0.4, -0.2) is 68.5 Å². The molecular formula is C30H40N6O3S2. The average Bonchev–Trinajstić information content (AvgIpc) is 3.76. The van der Waals surface area contributed by atoms with Crippen LogP contribution in [0.25, 0.3) is 20.9 Å². The van der Waals surface area contributed by atoms with Crippen LogP contribution in [0.4, 0.5) is 0 Å². The highest BCUT2D eigenvalue weighted by Gasteiger charge is 2.28. The van der Waals surface area contributed by atoms with E-state index in [4.69, 9.17) is 5.11 Å². The van der Waals surface area contributed by atoms with E-state index in [1.54, 1.807) is 41.4 Å². The SMILES string of the molecule is CC1(C)CCN(C(=O)c2csc(-c3cn[nH]c3)c2)CC1.CC1(C)CCNCC1.O=C(O)c1csc(-c2cn[nH]c2)c1. The number of nitrogens with zero attached hydrogens (tertiary/aromatic N) is 3. The molecule has 0 aliphatic carbocycles. The van der Waals surface area contributed by atoms with Gasteiger partial charge in [0.1, 0.15) is 0 Å². The number of aromatic nitrogens is 4. The van der Waals surface area contributed by atoms with Gasteiger partial charge in [0.15, 0.2) is 0 Å². The lowest BCUT2D eigenvalue weighted by Gasteiger charge is -2.36. The van der Waals surface area contributed by atoms with E-state index in [0.29, 0.717) is 16.4 Å². The van der Waals surface area contributed by atoms with Crippen LogP contribution in [0.15, 0.2) is 47.7 Å². The summed E-state index contributed by atoms with van der Waals surface area (Å²) in [6.07, 6.45) is 11.9. The smallest absolute Gasteiger partial charge is 0.336 e. The molecule has 0 bridgehead atoms. The highest BCUT2D eigenvalue weighted by atomic mass is 32.1. The molecule has 4 aromatic heterocycles. The van der Waals surface area contributed by atoms with Crippen molar-refractivity contribution in [2.45, 2.75) is 53.4 Å². The first-order valence-electron chi connectivity index (χ1n) is 13.9. The quantitative estimate of drug-likeness (QED) is 0.209. The molecule has 41 heavy (non-hydrogen) atoms. The fourth-order valence-corrected chi connectivity index (χ4v) is 6.30. The first kappa shape index (κ1) is 30.7. The van der Waals surface area contributed by atoms with Gasteiger partial charge in [-0.25, -0.2) is 4.79 Å². The molecule has 1 amide bonds. The number of amides is 1. The summed E-state index contributed by atoms with van der Waals surface area (Å²) < 4.78 is 0. The second-order valence-corrected chi connectivity index (χ2v) is 13.9. The Kier molecular flexibility index (Phi) is 10.2. The van der Waals surface area contributed by atoms with E-state index in [-0.39, 0.29) is 5.91 Å². The average molecular weight is 597 g/mol. The van der Waals surface area contributed by atoms with E-state index in [1.165, 1.54) is 37.3 Å². The summed E-state index contributed by atoms with van der Waals surface area (Å²) in [7, 11) is 0. The van der Waals surface area contributed by atoms with Gasteiger partial charge in [0.2, 0.25) is 0 Å². The van der Waals surface area contributed by atoms with Crippen molar-refractivity contribution in [3.63, 3.8) is 0 Å². The van der Waals surface area contributed by atoms with Crippen LogP contribution in [0.3, 0.4) is 0 Å². The maximum atomic E-state index is 12.5. The topological polar surface area (TPSA) is 127 Å². The lowest BCUT2D eigenvalue weighted by Crippen LogP contribution is -2.40. The predicted octanol–water partition coefficient (Wildman–Crippen LogP) is 6.63. The number of carboxylic acids is 1.